The van der Waals surface area contributed by atoms with Crippen LogP contribution in [0.1, 0.15) is 24.5 Å². The summed E-state index contributed by atoms with van der Waals surface area (Å²) in [6, 6.07) is 28.3. The van der Waals surface area contributed by atoms with E-state index in [1.54, 1.807) is 78.9 Å². The van der Waals surface area contributed by atoms with Gasteiger partial charge in [0.2, 0.25) is 5.91 Å². The number of carbonyl (C=O) groups is 2. The number of rotatable bonds is 11. The minimum Gasteiger partial charge on any atom is -0.505 e. The zero-order chi connectivity index (χ0) is 29.0. The van der Waals surface area contributed by atoms with Crippen LogP contribution in [0.4, 0.5) is 26.2 Å². The number of para-hydroxylation sites is 4. The fourth-order valence-corrected chi connectivity index (χ4v) is 4.02. The standard InChI is InChI=1S/C32H30FN3O5/c33-25-21-22(19-20-28(25)37)31(41-32(39)35-23-11-3-1-4-12-23)29(40-24-13-5-2-6-14-24)17-9-10-18-30(38)36-27-16-8-7-15-26(27)34/h1-8,10-16,18-21,29,31,37H,9,17,34H2,(H,35,39)(H,36,38)/b18-10+/t29-,31-/m1/s1. The Kier molecular flexibility index (Phi) is 9.92. The van der Waals surface area contributed by atoms with E-state index >= 15 is 0 Å². The lowest BCUT2D eigenvalue weighted by Crippen LogP contribution is -2.31. The van der Waals surface area contributed by atoms with E-state index in [-0.39, 0.29) is 17.9 Å². The summed E-state index contributed by atoms with van der Waals surface area (Å²) in [6.45, 7) is 0. The van der Waals surface area contributed by atoms with Gasteiger partial charge in [-0.25, -0.2) is 9.18 Å². The van der Waals surface area contributed by atoms with E-state index in [0.717, 1.165) is 6.07 Å². The number of aromatic hydroxyl groups is 1. The van der Waals surface area contributed by atoms with Crippen LogP contribution in [0.25, 0.3) is 0 Å². The molecule has 2 amide bonds. The van der Waals surface area contributed by atoms with Gasteiger partial charge < -0.3 is 25.6 Å². The van der Waals surface area contributed by atoms with Crippen molar-refractivity contribution in [3.8, 4) is 11.5 Å². The van der Waals surface area contributed by atoms with Crippen molar-refractivity contribution < 1.29 is 28.6 Å². The summed E-state index contributed by atoms with van der Waals surface area (Å²) in [5.74, 6) is -1.25. The molecule has 8 nitrogen and oxygen atoms in total. The molecule has 4 aromatic rings. The molecule has 0 spiro atoms. The molecule has 210 valence electrons. The molecule has 4 rings (SSSR count). The average molecular weight is 556 g/mol. The first-order chi connectivity index (χ1) is 19.9. The van der Waals surface area contributed by atoms with Crippen LogP contribution in [0.3, 0.4) is 0 Å². The van der Waals surface area contributed by atoms with E-state index in [4.69, 9.17) is 15.2 Å². The Bertz CT molecular complexity index is 1480. The molecule has 2 atom stereocenters. The molecule has 41 heavy (non-hydrogen) atoms. The highest BCUT2D eigenvalue weighted by molar-refractivity contribution is 6.01. The Hall–Kier alpha value is -5.31. The molecule has 9 heteroatoms. The van der Waals surface area contributed by atoms with E-state index in [0.29, 0.717) is 29.2 Å². The lowest BCUT2D eigenvalue weighted by molar-refractivity contribution is -0.111. The number of benzene rings is 4. The van der Waals surface area contributed by atoms with Gasteiger partial charge in [0.15, 0.2) is 17.7 Å². The molecule has 0 aliphatic heterocycles. The highest BCUT2D eigenvalue weighted by Gasteiger charge is 2.30. The fourth-order valence-electron chi connectivity index (χ4n) is 4.02. The monoisotopic (exact) mass is 555 g/mol. The van der Waals surface area contributed by atoms with E-state index < -0.39 is 29.9 Å². The second-order valence-corrected chi connectivity index (χ2v) is 9.05. The van der Waals surface area contributed by atoms with Crippen molar-refractivity contribution in [1.82, 2.24) is 0 Å². The number of phenolic OH excluding ortho intramolecular Hbond substituents is 1. The molecule has 0 saturated heterocycles. The molecular formula is C32H30FN3O5. The highest BCUT2D eigenvalue weighted by atomic mass is 19.1. The van der Waals surface area contributed by atoms with Gasteiger partial charge >= 0.3 is 6.09 Å². The van der Waals surface area contributed by atoms with Gasteiger partial charge in [0.25, 0.3) is 0 Å². The van der Waals surface area contributed by atoms with Crippen LogP contribution in [0.2, 0.25) is 0 Å². The molecule has 4 aromatic carbocycles. The Labute approximate surface area is 237 Å². The number of hydrogen-bond donors (Lipinski definition) is 4. The van der Waals surface area contributed by atoms with E-state index in [2.05, 4.69) is 10.6 Å². The molecular weight excluding hydrogens is 525 g/mol. The van der Waals surface area contributed by atoms with Crippen LogP contribution in [-0.4, -0.2) is 23.2 Å². The normalized spacial score (nSPS) is 12.3. The summed E-state index contributed by atoms with van der Waals surface area (Å²) in [6.07, 6.45) is 1.05. The Morgan fingerprint density at radius 3 is 2.29 bits per heavy atom. The predicted molar refractivity (Wildman–Crippen MR) is 156 cm³/mol. The molecule has 0 heterocycles. The third-order valence-electron chi connectivity index (χ3n) is 6.03. The summed E-state index contributed by atoms with van der Waals surface area (Å²) in [4.78, 5) is 25.3. The zero-order valence-electron chi connectivity index (χ0n) is 22.1. The summed E-state index contributed by atoms with van der Waals surface area (Å²) in [5, 5.41) is 15.1. The van der Waals surface area contributed by atoms with Crippen LogP contribution >= 0.6 is 0 Å². The van der Waals surface area contributed by atoms with E-state index in [9.17, 15) is 19.1 Å². The molecule has 0 aromatic heterocycles. The first kappa shape index (κ1) is 28.7. The van der Waals surface area contributed by atoms with Crippen LogP contribution in [0, 0.1) is 5.82 Å². The van der Waals surface area contributed by atoms with Crippen molar-refractivity contribution in [2.75, 3.05) is 16.4 Å². The van der Waals surface area contributed by atoms with Crippen molar-refractivity contribution in [2.45, 2.75) is 25.0 Å². The number of phenols is 1. The van der Waals surface area contributed by atoms with Crippen molar-refractivity contribution >= 4 is 29.1 Å². The molecule has 0 saturated carbocycles. The molecule has 0 bridgehead atoms. The second-order valence-electron chi connectivity index (χ2n) is 9.05. The minimum atomic E-state index is -1.07. The van der Waals surface area contributed by atoms with Gasteiger partial charge in [-0.1, -0.05) is 60.7 Å². The largest absolute Gasteiger partial charge is 0.505 e. The van der Waals surface area contributed by atoms with Gasteiger partial charge in [0.1, 0.15) is 11.9 Å². The minimum absolute atomic E-state index is 0.283. The Balaban J connectivity index is 1.54. The number of amides is 2. The number of nitrogens with two attached hydrogens (primary N) is 1. The summed E-state index contributed by atoms with van der Waals surface area (Å²) >= 11 is 0. The maximum Gasteiger partial charge on any atom is 0.412 e. The van der Waals surface area contributed by atoms with Crippen LogP contribution in [-0.2, 0) is 9.53 Å². The zero-order valence-corrected chi connectivity index (χ0v) is 22.1. The Morgan fingerprint density at radius 1 is 0.902 bits per heavy atom. The molecule has 0 aliphatic rings. The van der Waals surface area contributed by atoms with Crippen LogP contribution in [0.5, 0.6) is 11.5 Å². The maximum atomic E-state index is 14.4. The predicted octanol–water partition coefficient (Wildman–Crippen LogP) is 6.83. The molecule has 0 radical (unpaired) electrons. The van der Waals surface area contributed by atoms with Crippen molar-refractivity contribution in [1.29, 1.82) is 0 Å². The van der Waals surface area contributed by atoms with Gasteiger partial charge in [-0.05, 0) is 73.0 Å². The number of halogens is 1. The van der Waals surface area contributed by atoms with Gasteiger partial charge in [-0.15, -0.1) is 0 Å². The molecule has 5 N–H and O–H groups in total. The lowest BCUT2D eigenvalue weighted by atomic mass is 9.99. The number of carbonyl (C=O) groups excluding carboxylic acids is 2. The van der Waals surface area contributed by atoms with E-state index in [1.807, 2.05) is 12.1 Å². The fraction of sp³-hybridized carbons (Fsp3) is 0.125. The number of allylic oxidation sites excluding steroid dienone is 1. The molecule has 0 aliphatic carbocycles. The van der Waals surface area contributed by atoms with Crippen LogP contribution < -0.4 is 21.1 Å². The van der Waals surface area contributed by atoms with Crippen molar-refractivity contribution in [3.05, 3.63) is 127 Å². The number of anilines is 3. The van der Waals surface area contributed by atoms with Crippen molar-refractivity contribution in [2.24, 2.45) is 0 Å². The first-order valence-corrected chi connectivity index (χ1v) is 12.9. The number of nitrogens with one attached hydrogen (secondary N) is 2. The van der Waals surface area contributed by atoms with Crippen molar-refractivity contribution in [3.63, 3.8) is 0 Å². The highest BCUT2D eigenvalue weighted by Crippen LogP contribution is 2.31. The van der Waals surface area contributed by atoms with Gasteiger partial charge in [0.05, 0.1) is 11.4 Å². The lowest BCUT2D eigenvalue weighted by Gasteiger charge is -2.28. The third kappa shape index (κ3) is 8.59. The number of hydrogen-bond acceptors (Lipinski definition) is 6. The summed E-state index contributed by atoms with van der Waals surface area (Å²) in [5.41, 5.74) is 7.63. The summed E-state index contributed by atoms with van der Waals surface area (Å²) in [7, 11) is 0. The van der Waals surface area contributed by atoms with Gasteiger partial charge in [-0.2, -0.15) is 0 Å². The quantitative estimate of drug-likeness (QED) is 0.119. The van der Waals surface area contributed by atoms with Gasteiger partial charge in [0, 0.05) is 5.69 Å². The Morgan fingerprint density at radius 2 is 1.59 bits per heavy atom. The number of nitrogen functional groups attached to an aromatic ring is 1. The second kappa shape index (κ2) is 14.2. The molecule has 0 fully saturated rings. The first-order valence-electron chi connectivity index (χ1n) is 12.9. The van der Waals surface area contributed by atoms with Gasteiger partial charge in [-0.3, -0.25) is 10.1 Å². The summed E-state index contributed by atoms with van der Waals surface area (Å²) < 4.78 is 26.4. The SMILES string of the molecule is Nc1ccccc1NC(=O)/C=C/CC[C@@H](Oc1ccccc1)[C@H](OC(=O)Nc1ccccc1)c1ccc(O)c(F)c1. The van der Waals surface area contributed by atoms with Crippen LogP contribution in [0.15, 0.2) is 115 Å². The molecule has 0 unspecified atom stereocenters. The average Bonchev–Trinajstić information content (AvgIpc) is 2.97. The topological polar surface area (TPSA) is 123 Å². The maximum absolute atomic E-state index is 14.4. The smallest absolute Gasteiger partial charge is 0.412 e. The third-order valence-corrected chi connectivity index (χ3v) is 6.03. The number of ether oxygens (including phenoxy) is 2. The van der Waals surface area contributed by atoms with E-state index in [1.165, 1.54) is 18.2 Å².